The SMILES string of the molecule is CC(C)n1c(=O)sc2cc(S(=O)(=O)N3CCC(C(=O)Nc4ccc(F)cc4)CC3)ccc21. The normalized spacial score (nSPS) is 16.0. The molecule has 32 heavy (non-hydrogen) atoms. The van der Waals surface area contributed by atoms with Crippen LogP contribution in [0.15, 0.2) is 52.2 Å². The Morgan fingerprint density at radius 1 is 1.12 bits per heavy atom. The molecule has 10 heteroatoms. The Labute approximate surface area is 189 Å². The van der Waals surface area contributed by atoms with Crippen LogP contribution in [-0.2, 0) is 14.8 Å². The first-order chi connectivity index (χ1) is 15.2. The van der Waals surface area contributed by atoms with E-state index in [9.17, 15) is 22.4 Å². The third-order valence-electron chi connectivity index (χ3n) is 5.68. The van der Waals surface area contributed by atoms with Crippen molar-refractivity contribution in [2.24, 2.45) is 5.92 Å². The number of halogens is 1. The standard InChI is InChI=1S/C22H24FN3O4S2/c1-14(2)26-19-8-7-18(13-20(19)31-22(26)28)32(29,30)25-11-9-15(10-12-25)21(27)24-17-5-3-16(23)4-6-17/h3-8,13-15H,9-12H2,1-2H3,(H,24,27). The fourth-order valence-corrected chi connectivity index (χ4v) is 6.57. The van der Waals surface area contributed by atoms with Crippen LogP contribution in [0.1, 0.15) is 32.7 Å². The predicted octanol–water partition coefficient (Wildman–Crippen LogP) is 3.82. The highest BCUT2D eigenvalue weighted by molar-refractivity contribution is 7.89. The smallest absolute Gasteiger partial charge is 0.308 e. The Kier molecular flexibility index (Phi) is 6.19. The molecule has 7 nitrogen and oxygen atoms in total. The Bertz CT molecular complexity index is 1310. The van der Waals surface area contributed by atoms with Crippen LogP contribution in [0.2, 0.25) is 0 Å². The van der Waals surface area contributed by atoms with Crippen molar-refractivity contribution in [3.63, 3.8) is 0 Å². The van der Waals surface area contributed by atoms with Crippen LogP contribution in [0.5, 0.6) is 0 Å². The second-order valence-electron chi connectivity index (χ2n) is 8.14. The molecule has 0 spiro atoms. The van der Waals surface area contributed by atoms with Crippen LogP contribution in [0, 0.1) is 11.7 Å². The largest absolute Gasteiger partial charge is 0.326 e. The fourth-order valence-electron chi connectivity index (χ4n) is 3.95. The van der Waals surface area contributed by atoms with Gasteiger partial charge in [0.25, 0.3) is 0 Å². The van der Waals surface area contributed by atoms with Crippen LogP contribution < -0.4 is 10.2 Å². The average Bonchev–Trinajstić information content (AvgIpc) is 3.10. The van der Waals surface area contributed by atoms with Gasteiger partial charge in [-0.2, -0.15) is 4.31 Å². The molecule has 170 valence electrons. The number of amides is 1. The number of nitrogens with one attached hydrogen (secondary N) is 1. The molecule has 4 rings (SSSR count). The summed E-state index contributed by atoms with van der Waals surface area (Å²) in [6, 6.07) is 10.3. The number of hydrogen-bond acceptors (Lipinski definition) is 5. The van der Waals surface area contributed by atoms with Gasteiger partial charge in [0.05, 0.1) is 15.1 Å². The third kappa shape index (κ3) is 4.35. The van der Waals surface area contributed by atoms with Crippen molar-refractivity contribution in [1.29, 1.82) is 0 Å². The van der Waals surface area contributed by atoms with E-state index in [4.69, 9.17) is 0 Å². The molecule has 1 fully saturated rings. The molecule has 0 bridgehead atoms. The van der Waals surface area contributed by atoms with Crippen LogP contribution in [0.25, 0.3) is 10.2 Å². The molecule has 3 aromatic rings. The monoisotopic (exact) mass is 477 g/mol. The molecule has 0 unspecified atom stereocenters. The number of carbonyl (C=O) groups excluding carboxylic acids is 1. The number of thiazole rings is 1. The summed E-state index contributed by atoms with van der Waals surface area (Å²) in [5.41, 5.74) is 1.23. The lowest BCUT2D eigenvalue weighted by Crippen LogP contribution is -2.41. The van der Waals surface area contributed by atoms with E-state index in [1.165, 1.54) is 34.6 Å². The van der Waals surface area contributed by atoms with Gasteiger partial charge < -0.3 is 5.32 Å². The van der Waals surface area contributed by atoms with Gasteiger partial charge in [-0.25, -0.2) is 12.8 Å². The number of aromatic nitrogens is 1. The van der Waals surface area contributed by atoms with E-state index in [1.807, 2.05) is 13.8 Å². The van der Waals surface area contributed by atoms with Crippen molar-refractivity contribution >= 4 is 43.2 Å². The molecule has 0 atom stereocenters. The summed E-state index contributed by atoms with van der Waals surface area (Å²) in [6.45, 7) is 4.28. The number of piperidine rings is 1. The topological polar surface area (TPSA) is 88.5 Å². The van der Waals surface area contributed by atoms with E-state index in [2.05, 4.69) is 5.32 Å². The maximum Gasteiger partial charge on any atom is 0.308 e. The van der Waals surface area contributed by atoms with Crippen LogP contribution in [0.3, 0.4) is 0 Å². The molecule has 1 saturated heterocycles. The lowest BCUT2D eigenvalue weighted by molar-refractivity contribution is -0.120. The highest BCUT2D eigenvalue weighted by Crippen LogP contribution is 2.28. The molecule has 1 aromatic heterocycles. The van der Waals surface area contributed by atoms with Crippen molar-refractivity contribution in [1.82, 2.24) is 8.87 Å². The van der Waals surface area contributed by atoms with Gasteiger partial charge in [0.1, 0.15) is 5.82 Å². The summed E-state index contributed by atoms with van der Waals surface area (Å²) in [7, 11) is -3.73. The number of benzene rings is 2. The molecule has 0 aliphatic carbocycles. The number of carbonyl (C=O) groups is 1. The van der Waals surface area contributed by atoms with Gasteiger partial charge in [-0.1, -0.05) is 11.3 Å². The second-order valence-corrected chi connectivity index (χ2v) is 11.1. The summed E-state index contributed by atoms with van der Waals surface area (Å²) < 4.78 is 43.0. The molecule has 1 aliphatic heterocycles. The molecular weight excluding hydrogens is 453 g/mol. The van der Waals surface area contributed by atoms with Crippen molar-refractivity contribution in [3.8, 4) is 0 Å². The maximum absolute atomic E-state index is 13.2. The van der Waals surface area contributed by atoms with E-state index in [0.29, 0.717) is 23.2 Å². The first kappa shape index (κ1) is 22.6. The van der Waals surface area contributed by atoms with Gasteiger partial charge in [-0.3, -0.25) is 14.2 Å². The number of rotatable bonds is 5. The van der Waals surface area contributed by atoms with Gasteiger partial charge in [-0.05, 0) is 69.2 Å². The second kappa shape index (κ2) is 8.76. The van der Waals surface area contributed by atoms with Gasteiger partial charge in [-0.15, -0.1) is 0 Å². The quantitative estimate of drug-likeness (QED) is 0.605. The Morgan fingerprint density at radius 3 is 2.41 bits per heavy atom. The molecule has 2 aromatic carbocycles. The summed E-state index contributed by atoms with van der Waals surface area (Å²) in [5, 5.41) is 2.76. The summed E-state index contributed by atoms with van der Waals surface area (Å²) in [5.74, 6) is -0.901. The molecule has 2 heterocycles. The fraction of sp³-hybridized carbons (Fsp3) is 0.364. The molecule has 1 N–H and O–H groups in total. The number of fused-ring (bicyclic) bond motifs is 1. The summed E-state index contributed by atoms with van der Waals surface area (Å²) in [4.78, 5) is 24.8. The first-order valence-electron chi connectivity index (χ1n) is 10.4. The zero-order chi connectivity index (χ0) is 23.0. The van der Waals surface area contributed by atoms with Gasteiger partial charge >= 0.3 is 4.87 Å². The molecule has 0 radical (unpaired) electrons. The number of anilines is 1. The van der Waals surface area contributed by atoms with Crippen molar-refractivity contribution in [2.75, 3.05) is 18.4 Å². The summed E-state index contributed by atoms with van der Waals surface area (Å²) >= 11 is 1.04. The van der Waals surface area contributed by atoms with E-state index < -0.39 is 10.0 Å². The lowest BCUT2D eigenvalue weighted by Gasteiger charge is -2.30. The zero-order valence-electron chi connectivity index (χ0n) is 17.7. The van der Waals surface area contributed by atoms with Crippen LogP contribution in [0.4, 0.5) is 10.1 Å². The van der Waals surface area contributed by atoms with Crippen molar-refractivity contribution in [3.05, 3.63) is 57.9 Å². The van der Waals surface area contributed by atoms with Gasteiger partial charge in [0.2, 0.25) is 15.9 Å². The lowest BCUT2D eigenvalue weighted by atomic mass is 9.97. The minimum absolute atomic E-state index is 0.0150. The van der Waals surface area contributed by atoms with Gasteiger partial charge in [0, 0.05) is 30.7 Å². The molecule has 1 aliphatic rings. The van der Waals surface area contributed by atoms with Gasteiger partial charge in [0.15, 0.2) is 0 Å². The van der Waals surface area contributed by atoms with E-state index in [1.54, 1.807) is 16.7 Å². The highest BCUT2D eigenvalue weighted by Gasteiger charge is 2.32. The Balaban J connectivity index is 1.46. The number of sulfonamides is 1. The van der Waals surface area contributed by atoms with Crippen molar-refractivity contribution in [2.45, 2.75) is 37.6 Å². The Morgan fingerprint density at radius 2 is 1.78 bits per heavy atom. The van der Waals surface area contributed by atoms with E-state index >= 15 is 0 Å². The highest BCUT2D eigenvalue weighted by atomic mass is 32.2. The van der Waals surface area contributed by atoms with E-state index in [-0.39, 0.29) is 46.5 Å². The Hall–Kier alpha value is -2.56. The molecule has 0 saturated carbocycles. The first-order valence-corrected chi connectivity index (χ1v) is 12.6. The minimum atomic E-state index is -3.73. The maximum atomic E-state index is 13.2. The van der Waals surface area contributed by atoms with Crippen molar-refractivity contribution < 1.29 is 17.6 Å². The zero-order valence-corrected chi connectivity index (χ0v) is 19.4. The number of nitrogens with zero attached hydrogens (tertiary/aromatic N) is 2. The van der Waals surface area contributed by atoms with E-state index in [0.717, 1.165) is 16.9 Å². The summed E-state index contributed by atoms with van der Waals surface area (Å²) in [6.07, 6.45) is 0.789. The predicted molar refractivity (Wildman–Crippen MR) is 123 cm³/mol. The minimum Gasteiger partial charge on any atom is -0.326 e. The molecule has 1 amide bonds. The average molecular weight is 478 g/mol. The van der Waals surface area contributed by atoms with Crippen LogP contribution in [-0.4, -0.2) is 36.3 Å². The van der Waals surface area contributed by atoms with Crippen LogP contribution >= 0.6 is 11.3 Å². The number of hydrogen-bond donors (Lipinski definition) is 1. The third-order valence-corrected chi connectivity index (χ3v) is 8.49. The molecular formula is C22H24FN3O4S2.